The number of likely N-dealkylation sites (tertiary alicyclic amines) is 1. The van der Waals surface area contributed by atoms with Crippen molar-refractivity contribution in [3.63, 3.8) is 0 Å². The van der Waals surface area contributed by atoms with Crippen molar-refractivity contribution in [2.75, 3.05) is 51.4 Å². The van der Waals surface area contributed by atoms with Crippen molar-refractivity contribution < 1.29 is 14.3 Å². The lowest BCUT2D eigenvalue weighted by molar-refractivity contribution is -0.0533. The van der Waals surface area contributed by atoms with Crippen LogP contribution in [0.4, 0.5) is 5.82 Å². The Balaban J connectivity index is 1.20. The number of piperidine rings is 1. The molecule has 3 atom stereocenters. The van der Waals surface area contributed by atoms with E-state index in [9.17, 15) is 4.79 Å². The molecule has 3 saturated heterocycles. The Labute approximate surface area is 208 Å². The maximum atomic E-state index is 13.4. The van der Waals surface area contributed by atoms with Crippen molar-refractivity contribution in [2.45, 2.75) is 56.7 Å². The van der Waals surface area contributed by atoms with Gasteiger partial charge in [0.1, 0.15) is 17.8 Å². The van der Waals surface area contributed by atoms with Crippen molar-refractivity contribution in [1.82, 2.24) is 20.2 Å². The van der Waals surface area contributed by atoms with E-state index < -0.39 is 0 Å². The van der Waals surface area contributed by atoms with Gasteiger partial charge in [0, 0.05) is 63.5 Å². The lowest BCUT2D eigenvalue weighted by Crippen LogP contribution is -2.54. The SMILES string of the molecule is COC1COCCC1NC1CCN(C(=O)c2ncnc(N3CCC(c4ccccc4)C3)c2C)CC1. The van der Waals surface area contributed by atoms with Crippen molar-refractivity contribution in [1.29, 1.82) is 0 Å². The van der Waals surface area contributed by atoms with Crippen LogP contribution in [0, 0.1) is 6.92 Å². The van der Waals surface area contributed by atoms with Crippen LogP contribution in [0.5, 0.6) is 0 Å². The highest BCUT2D eigenvalue weighted by molar-refractivity contribution is 5.94. The van der Waals surface area contributed by atoms with Gasteiger partial charge in [0.2, 0.25) is 0 Å². The number of anilines is 1. The predicted octanol–water partition coefficient (Wildman–Crippen LogP) is 2.78. The van der Waals surface area contributed by atoms with E-state index in [1.54, 1.807) is 13.4 Å². The molecule has 1 amide bonds. The molecule has 35 heavy (non-hydrogen) atoms. The van der Waals surface area contributed by atoms with Gasteiger partial charge in [0.15, 0.2) is 0 Å². The van der Waals surface area contributed by atoms with Gasteiger partial charge in [-0.15, -0.1) is 0 Å². The van der Waals surface area contributed by atoms with Gasteiger partial charge < -0.3 is 24.6 Å². The van der Waals surface area contributed by atoms with Crippen LogP contribution < -0.4 is 10.2 Å². The van der Waals surface area contributed by atoms with E-state index in [-0.39, 0.29) is 12.0 Å². The molecule has 0 saturated carbocycles. The second kappa shape index (κ2) is 11.0. The van der Waals surface area contributed by atoms with Crippen LogP contribution in [0.15, 0.2) is 36.7 Å². The molecule has 3 aliphatic rings. The normalized spacial score (nSPS) is 25.7. The molecule has 3 aliphatic heterocycles. The fourth-order valence-electron chi connectivity index (χ4n) is 5.76. The molecule has 1 N–H and O–H groups in total. The minimum atomic E-state index is 0.0178. The molecular weight excluding hydrogens is 442 g/mol. The third-order valence-electron chi connectivity index (χ3n) is 7.86. The second-order valence-electron chi connectivity index (χ2n) is 9.99. The lowest BCUT2D eigenvalue weighted by Gasteiger charge is -2.38. The number of rotatable bonds is 6. The largest absolute Gasteiger partial charge is 0.379 e. The number of hydrogen-bond acceptors (Lipinski definition) is 7. The van der Waals surface area contributed by atoms with E-state index in [0.29, 0.717) is 30.3 Å². The second-order valence-corrected chi connectivity index (χ2v) is 9.99. The summed E-state index contributed by atoms with van der Waals surface area (Å²) in [6.07, 6.45) is 5.56. The van der Waals surface area contributed by atoms with Gasteiger partial charge in [-0.1, -0.05) is 30.3 Å². The number of aromatic nitrogens is 2. The Bertz CT molecular complexity index is 996. The number of ether oxygens (including phenoxy) is 2. The summed E-state index contributed by atoms with van der Waals surface area (Å²) in [6, 6.07) is 11.4. The lowest BCUT2D eigenvalue weighted by atomic mass is 9.99. The topological polar surface area (TPSA) is 79.8 Å². The van der Waals surface area contributed by atoms with Gasteiger partial charge in [0.25, 0.3) is 5.91 Å². The number of nitrogens with one attached hydrogen (secondary N) is 1. The quantitative estimate of drug-likeness (QED) is 0.682. The molecule has 4 heterocycles. The summed E-state index contributed by atoms with van der Waals surface area (Å²) in [6.45, 7) is 6.73. The summed E-state index contributed by atoms with van der Waals surface area (Å²) < 4.78 is 11.1. The smallest absolute Gasteiger partial charge is 0.272 e. The monoisotopic (exact) mass is 479 g/mol. The van der Waals surface area contributed by atoms with Gasteiger partial charge in [0.05, 0.1) is 12.7 Å². The molecule has 2 aromatic rings. The van der Waals surface area contributed by atoms with Crippen LogP contribution in [-0.4, -0.2) is 85.5 Å². The third kappa shape index (κ3) is 5.34. The molecule has 5 rings (SSSR count). The number of hydrogen-bond donors (Lipinski definition) is 1. The molecule has 188 valence electrons. The van der Waals surface area contributed by atoms with Crippen LogP contribution in [0.2, 0.25) is 0 Å². The third-order valence-corrected chi connectivity index (χ3v) is 7.86. The van der Waals surface area contributed by atoms with Gasteiger partial charge in [-0.05, 0) is 38.2 Å². The fraction of sp³-hybridized carbons (Fsp3) is 0.593. The number of amides is 1. The van der Waals surface area contributed by atoms with Gasteiger partial charge in [-0.3, -0.25) is 4.79 Å². The first kappa shape index (κ1) is 24.2. The summed E-state index contributed by atoms with van der Waals surface area (Å²) in [4.78, 5) is 26.7. The molecule has 1 aromatic carbocycles. The Kier molecular flexibility index (Phi) is 7.60. The first-order valence-corrected chi connectivity index (χ1v) is 12.9. The molecule has 3 unspecified atom stereocenters. The standard InChI is InChI=1S/C27H37N5O3/c1-19-25(28-18-29-26(19)32-12-8-21(16-32)20-6-4-3-5-7-20)27(33)31-13-9-22(10-14-31)30-23-11-15-35-17-24(23)34-2/h3-7,18,21-24,30H,8-17H2,1-2H3. The molecule has 0 aliphatic carbocycles. The maximum Gasteiger partial charge on any atom is 0.272 e. The first-order chi connectivity index (χ1) is 17.1. The highest BCUT2D eigenvalue weighted by Crippen LogP contribution is 2.32. The molecule has 8 heteroatoms. The summed E-state index contributed by atoms with van der Waals surface area (Å²) in [5.74, 6) is 1.40. The van der Waals surface area contributed by atoms with E-state index in [1.807, 2.05) is 11.8 Å². The molecule has 8 nitrogen and oxygen atoms in total. The molecule has 0 radical (unpaired) electrons. The average Bonchev–Trinajstić information content (AvgIpc) is 3.40. The van der Waals surface area contributed by atoms with Crippen molar-refractivity contribution in [3.8, 4) is 0 Å². The Hall–Kier alpha value is -2.55. The zero-order valence-electron chi connectivity index (χ0n) is 20.9. The predicted molar refractivity (Wildman–Crippen MR) is 135 cm³/mol. The highest BCUT2D eigenvalue weighted by atomic mass is 16.5. The maximum absolute atomic E-state index is 13.4. The van der Waals surface area contributed by atoms with Crippen LogP contribution in [0.3, 0.4) is 0 Å². The van der Waals surface area contributed by atoms with E-state index in [1.165, 1.54) is 5.56 Å². The Morgan fingerprint density at radius 1 is 1.09 bits per heavy atom. The van der Waals surface area contributed by atoms with Crippen LogP contribution in [0.25, 0.3) is 0 Å². The van der Waals surface area contributed by atoms with Gasteiger partial charge in [-0.2, -0.15) is 0 Å². The zero-order valence-corrected chi connectivity index (χ0v) is 20.9. The number of methoxy groups -OCH3 is 1. The van der Waals surface area contributed by atoms with Gasteiger partial charge >= 0.3 is 0 Å². The minimum absolute atomic E-state index is 0.0178. The van der Waals surface area contributed by atoms with Crippen molar-refractivity contribution in [2.24, 2.45) is 0 Å². The molecule has 1 aromatic heterocycles. The summed E-state index contributed by atoms with van der Waals surface area (Å²) in [7, 11) is 1.75. The van der Waals surface area contributed by atoms with Crippen molar-refractivity contribution in [3.05, 3.63) is 53.5 Å². The Morgan fingerprint density at radius 2 is 1.89 bits per heavy atom. The van der Waals surface area contributed by atoms with E-state index >= 15 is 0 Å². The molecular formula is C27H37N5O3. The number of benzene rings is 1. The average molecular weight is 480 g/mol. The summed E-state index contributed by atoms with van der Waals surface area (Å²) in [5.41, 5.74) is 2.79. The van der Waals surface area contributed by atoms with E-state index in [0.717, 1.165) is 69.9 Å². The van der Waals surface area contributed by atoms with E-state index in [4.69, 9.17) is 9.47 Å². The summed E-state index contributed by atoms with van der Waals surface area (Å²) >= 11 is 0. The number of nitrogens with zero attached hydrogens (tertiary/aromatic N) is 4. The van der Waals surface area contributed by atoms with Crippen LogP contribution in [0.1, 0.15) is 53.2 Å². The number of carbonyl (C=O) groups excluding carboxylic acids is 1. The Morgan fingerprint density at radius 3 is 2.66 bits per heavy atom. The molecule has 0 bridgehead atoms. The fourth-order valence-corrected chi connectivity index (χ4v) is 5.76. The highest BCUT2D eigenvalue weighted by Gasteiger charge is 2.32. The van der Waals surface area contributed by atoms with Gasteiger partial charge in [-0.25, -0.2) is 9.97 Å². The van der Waals surface area contributed by atoms with E-state index in [2.05, 4.69) is 50.5 Å². The number of carbonyl (C=O) groups is 1. The van der Waals surface area contributed by atoms with Crippen LogP contribution in [-0.2, 0) is 9.47 Å². The zero-order chi connectivity index (χ0) is 24.2. The first-order valence-electron chi connectivity index (χ1n) is 12.9. The molecule has 0 spiro atoms. The van der Waals surface area contributed by atoms with Crippen molar-refractivity contribution >= 4 is 11.7 Å². The molecule has 3 fully saturated rings. The summed E-state index contributed by atoms with van der Waals surface area (Å²) in [5, 5.41) is 3.76. The minimum Gasteiger partial charge on any atom is -0.379 e. The van der Waals surface area contributed by atoms with Crippen LogP contribution >= 0.6 is 0 Å².